The monoisotopic (exact) mass is 285 g/mol. The smallest absolute Gasteiger partial charge is 0.230 e. The van der Waals surface area contributed by atoms with Gasteiger partial charge in [0.1, 0.15) is 5.82 Å². The number of halogens is 1. The molecule has 0 radical (unpaired) electrons. The highest BCUT2D eigenvalue weighted by Crippen LogP contribution is 2.23. The molecule has 0 fully saturated rings. The number of rotatable bonds is 5. The molecule has 0 bridgehead atoms. The summed E-state index contributed by atoms with van der Waals surface area (Å²) in [6.07, 6.45) is 0.798. The maximum absolute atomic E-state index is 13.0. The Balaban J connectivity index is 1.94. The number of hydrogen-bond donors (Lipinski definition) is 1. The van der Waals surface area contributed by atoms with Gasteiger partial charge in [0.25, 0.3) is 0 Å². The number of amides is 1. The zero-order chi connectivity index (χ0) is 15.3. The van der Waals surface area contributed by atoms with E-state index in [4.69, 9.17) is 0 Å². The third kappa shape index (κ3) is 3.91. The van der Waals surface area contributed by atoms with E-state index in [1.165, 1.54) is 17.7 Å². The number of carbonyl (C=O) groups is 1. The van der Waals surface area contributed by atoms with E-state index < -0.39 is 5.41 Å². The van der Waals surface area contributed by atoms with Gasteiger partial charge in [-0.2, -0.15) is 0 Å². The van der Waals surface area contributed by atoms with E-state index in [0.29, 0.717) is 6.54 Å². The van der Waals surface area contributed by atoms with Crippen molar-refractivity contribution in [2.24, 2.45) is 0 Å². The molecule has 0 unspecified atom stereocenters. The normalized spacial score (nSPS) is 11.2. The predicted octanol–water partition coefficient (Wildman–Crippen LogP) is 3.46. The van der Waals surface area contributed by atoms with Gasteiger partial charge in [-0.3, -0.25) is 4.79 Å². The van der Waals surface area contributed by atoms with Crippen LogP contribution in [-0.2, 0) is 16.6 Å². The Hall–Kier alpha value is -2.16. The molecule has 0 heterocycles. The van der Waals surface area contributed by atoms with Crippen LogP contribution in [0.1, 0.15) is 25.0 Å². The third-order valence-electron chi connectivity index (χ3n) is 3.68. The average molecular weight is 285 g/mol. The van der Waals surface area contributed by atoms with Crippen molar-refractivity contribution in [3.63, 3.8) is 0 Å². The van der Waals surface area contributed by atoms with Gasteiger partial charge in [-0.1, -0.05) is 42.5 Å². The predicted molar refractivity (Wildman–Crippen MR) is 82.6 cm³/mol. The van der Waals surface area contributed by atoms with Gasteiger partial charge < -0.3 is 5.32 Å². The second-order valence-corrected chi connectivity index (χ2v) is 5.62. The summed E-state index contributed by atoms with van der Waals surface area (Å²) in [6, 6.07) is 16.1. The van der Waals surface area contributed by atoms with Crippen LogP contribution in [0.2, 0.25) is 0 Å². The summed E-state index contributed by atoms with van der Waals surface area (Å²) in [5.74, 6) is -0.343. The minimum Gasteiger partial charge on any atom is -0.355 e. The van der Waals surface area contributed by atoms with Crippen molar-refractivity contribution in [3.05, 3.63) is 71.5 Å². The van der Waals surface area contributed by atoms with Crippen LogP contribution < -0.4 is 5.32 Å². The second-order valence-electron chi connectivity index (χ2n) is 5.62. The van der Waals surface area contributed by atoms with E-state index >= 15 is 0 Å². The van der Waals surface area contributed by atoms with E-state index in [2.05, 4.69) is 5.32 Å². The molecular weight excluding hydrogens is 265 g/mol. The average Bonchev–Trinajstić information content (AvgIpc) is 2.48. The van der Waals surface area contributed by atoms with Gasteiger partial charge in [-0.25, -0.2) is 4.39 Å². The van der Waals surface area contributed by atoms with Crippen LogP contribution in [0.5, 0.6) is 0 Å². The van der Waals surface area contributed by atoms with Gasteiger partial charge in [0.2, 0.25) is 5.91 Å². The standard InChI is InChI=1S/C18H20FNO/c1-18(2,15-8-10-16(19)11-9-15)17(21)20-13-12-14-6-4-3-5-7-14/h3-11H,12-13H2,1-2H3,(H,20,21). The molecular formula is C18H20FNO. The van der Waals surface area contributed by atoms with Gasteiger partial charge in [-0.05, 0) is 43.5 Å². The summed E-state index contributed by atoms with van der Waals surface area (Å²) in [6.45, 7) is 4.28. The van der Waals surface area contributed by atoms with Gasteiger partial charge >= 0.3 is 0 Å². The van der Waals surface area contributed by atoms with E-state index in [-0.39, 0.29) is 11.7 Å². The van der Waals surface area contributed by atoms with E-state index in [1.54, 1.807) is 12.1 Å². The summed E-state index contributed by atoms with van der Waals surface area (Å²) in [5, 5.41) is 2.95. The lowest BCUT2D eigenvalue weighted by Gasteiger charge is -2.24. The molecule has 0 aliphatic rings. The summed E-state index contributed by atoms with van der Waals surface area (Å²) >= 11 is 0. The first kappa shape index (κ1) is 15.2. The second kappa shape index (κ2) is 6.53. The number of carbonyl (C=O) groups excluding carboxylic acids is 1. The van der Waals surface area contributed by atoms with Crippen molar-refractivity contribution in [3.8, 4) is 0 Å². The molecule has 2 rings (SSSR count). The van der Waals surface area contributed by atoms with Crippen molar-refractivity contribution >= 4 is 5.91 Å². The van der Waals surface area contributed by atoms with Crippen molar-refractivity contribution < 1.29 is 9.18 Å². The largest absolute Gasteiger partial charge is 0.355 e. The lowest BCUT2D eigenvalue weighted by molar-refractivity contribution is -0.125. The van der Waals surface area contributed by atoms with Gasteiger partial charge in [-0.15, -0.1) is 0 Å². The van der Waals surface area contributed by atoms with E-state index in [1.807, 2.05) is 44.2 Å². The molecule has 110 valence electrons. The van der Waals surface area contributed by atoms with Gasteiger partial charge in [0.05, 0.1) is 5.41 Å². The minimum atomic E-state index is -0.676. The molecule has 0 aromatic heterocycles. The fourth-order valence-corrected chi connectivity index (χ4v) is 2.18. The fraction of sp³-hybridized carbons (Fsp3) is 0.278. The Morgan fingerprint density at radius 1 is 1.05 bits per heavy atom. The van der Waals surface area contributed by atoms with Crippen LogP contribution in [0.4, 0.5) is 4.39 Å². The summed E-state index contributed by atoms with van der Waals surface area (Å²) in [4.78, 5) is 12.3. The van der Waals surface area contributed by atoms with Crippen molar-refractivity contribution in [1.82, 2.24) is 5.32 Å². The van der Waals surface area contributed by atoms with Crippen LogP contribution in [0.15, 0.2) is 54.6 Å². The van der Waals surface area contributed by atoms with Crippen LogP contribution in [0.25, 0.3) is 0 Å². The Labute approximate surface area is 125 Å². The van der Waals surface area contributed by atoms with Crippen molar-refractivity contribution in [1.29, 1.82) is 0 Å². The zero-order valence-corrected chi connectivity index (χ0v) is 12.4. The molecule has 1 amide bonds. The highest BCUT2D eigenvalue weighted by Gasteiger charge is 2.29. The molecule has 0 saturated heterocycles. The van der Waals surface area contributed by atoms with Crippen LogP contribution in [0.3, 0.4) is 0 Å². The Morgan fingerprint density at radius 2 is 1.67 bits per heavy atom. The Bertz CT molecular complexity index is 590. The summed E-state index contributed by atoms with van der Waals surface area (Å²) < 4.78 is 13.0. The quantitative estimate of drug-likeness (QED) is 0.895. The Kier molecular flexibility index (Phi) is 4.73. The molecule has 1 N–H and O–H groups in total. The van der Waals surface area contributed by atoms with E-state index in [9.17, 15) is 9.18 Å². The molecule has 0 saturated carbocycles. The Morgan fingerprint density at radius 3 is 2.29 bits per heavy atom. The summed E-state index contributed by atoms with van der Waals surface area (Å²) in [5.41, 5.74) is 1.32. The van der Waals surface area contributed by atoms with Crippen LogP contribution in [0, 0.1) is 5.82 Å². The highest BCUT2D eigenvalue weighted by molar-refractivity contribution is 5.87. The SMILES string of the molecule is CC(C)(C(=O)NCCc1ccccc1)c1ccc(F)cc1. The topological polar surface area (TPSA) is 29.1 Å². The maximum Gasteiger partial charge on any atom is 0.230 e. The zero-order valence-electron chi connectivity index (χ0n) is 12.4. The van der Waals surface area contributed by atoms with E-state index in [0.717, 1.165) is 12.0 Å². The minimum absolute atomic E-state index is 0.0509. The molecule has 2 nitrogen and oxygen atoms in total. The molecule has 0 spiro atoms. The first-order valence-corrected chi connectivity index (χ1v) is 7.08. The molecule has 0 aliphatic carbocycles. The molecule has 3 heteroatoms. The molecule has 2 aromatic carbocycles. The first-order chi connectivity index (χ1) is 10.00. The molecule has 0 aliphatic heterocycles. The number of hydrogen-bond acceptors (Lipinski definition) is 1. The van der Waals surface area contributed by atoms with Crippen molar-refractivity contribution in [2.45, 2.75) is 25.7 Å². The van der Waals surface area contributed by atoms with Crippen LogP contribution >= 0.6 is 0 Å². The van der Waals surface area contributed by atoms with Gasteiger partial charge in [0.15, 0.2) is 0 Å². The lowest BCUT2D eigenvalue weighted by Crippen LogP contribution is -2.40. The van der Waals surface area contributed by atoms with Crippen LogP contribution in [-0.4, -0.2) is 12.5 Å². The van der Waals surface area contributed by atoms with Crippen molar-refractivity contribution in [2.75, 3.05) is 6.54 Å². The molecule has 2 aromatic rings. The number of benzene rings is 2. The fourth-order valence-electron chi connectivity index (χ4n) is 2.18. The molecule has 21 heavy (non-hydrogen) atoms. The maximum atomic E-state index is 13.0. The van der Waals surface area contributed by atoms with Gasteiger partial charge in [0, 0.05) is 6.54 Å². The third-order valence-corrected chi connectivity index (χ3v) is 3.68. The highest BCUT2D eigenvalue weighted by atomic mass is 19.1. The number of nitrogens with one attached hydrogen (secondary N) is 1. The lowest BCUT2D eigenvalue weighted by atomic mass is 9.83. The molecule has 0 atom stereocenters. The first-order valence-electron chi connectivity index (χ1n) is 7.08. The summed E-state index contributed by atoms with van der Waals surface area (Å²) in [7, 11) is 0.